The zero-order chi connectivity index (χ0) is 21.3. The maximum atomic E-state index is 13.6. The summed E-state index contributed by atoms with van der Waals surface area (Å²) in [6, 6.07) is 10.2. The Kier molecular flexibility index (Phi) is 6.18. The maximum Gasteiger partial charge on any atom is 0.260 e. The third-order valence-corrected chi connectivity index (χ3v) is 7.09. The third kappa shape index (κ3) is 4.26. The Hall–Kier alpha value is -2.28. The first-order chi connectivity index (χ1) is 14.4. The van der Waals surface area contributed by atoms with E-state index in [1.807, 2.05) is 30.0 Å². The second-order valence-corrected chi connectivity index (χ2v) is 9.07. The van der Waals surface area contributed by atoms with E-state index in [4.69, 9.17) is 9.72 Å². The molecule has 0 radical (unpaired) electrons. The Morgan fingerprint density at radius 1 is 1.07 bits per heavy atom. The van der Waals surface area contributed by atoms with E-state index >= 15 is 0 Å². The van der Waals surface area contributed by atoms with Gasteiger partial charge in [-0.25, -0.2) is 4.98 Å². The molecule has 0 bridgehead atoms. The number of thiazole rings is 1. The molecular weight excluding hydrogens is 394 g/mol. The van der Waals surface area contributed by atoms with Gasteiger partial charge in [-0.15, -0.1) is 0 Å². The Morgan fingerprint density at radius 3 is 2.53 bits per heavy atom. The summed E-state index contributed by atoms with van der Waals surface area (Å²) in [6.45, 7) is 13.1. The molecular formula is C24H29N3O2S. The molecule has 1 saturated heterocycles. The highest BCUT2D eigenvalue weighted by atomic mass is 32.1. The van der Waals surface area contributed by atoms with Crippen molar-refractivity contribution in [3.8, 4) is 0 Å². The molecule has 0 spiro atoms. The molecule has 5 nitrogen and oxygen atoms in total. The highest BCUT2D eigenvalue weighted by Crippen LogP contribution is 2.32. The highest BCUT2D eigenvalue weighted by molar-refractivity contribution is 7.22. The largest absolute Gasteiger partial charge is 0.379 e. The number of carbonyl (C=O) groups is 1. The summed E-state index contributed by atoms with van der Waals surface area (Å²) in [5.41, 5.74) is 6.44. The number of fused-ring (bicyclic) bond motifs is 1. The van der Waals surface area contributed by atoms with Crippen LogP contribution >= 0.6 is 11.3 Å². The summed E-state index contributed by atoms with van der Waals surface area (Å²) in [5, 5.41) is 0.773. The lowest BCUT2D eigenvalue weighted by Crippen LogP contribution is -2.43. The van der Waals surface area contributed by atoms with Gasteiger partial charge in [-0.3, -0.25) is 14.6 Å². The van der Waals surface area contributed by atoms with Gasteiger partial charge in [0.25, 0.3) is 5.91 Å². The summed E-state index contributed by atoms with van der Waals surface area (Å²) in [5.74, 6) is 0.0137. The number of hydrogen-bond donors (Lipinski definition) is 0. The molecule has 158 valence electrons. The van der Waals surface area contributed by atoms with Crippen molar-refractivity contribution in [2.75, 3.05) is 44.3 Å². The maximum absolute atomic E-state index is 13.6. The Morgan fingerprint density at radius 2 is 1.80 bits per heavy atom. The van der Waals surface area contributed by atoms with E-state index in [-0.39, 0.29) is 5.91 Å². The van der Waals surface area contributed by atoms with E-state index in [2.05, 4.69) is 37.8 Å². The number of amides is 1. The average Bonchev–Trinajstić information content (AvgIpc) is 3.18. The highest BCUT2D eigenvalue weighted by Gasteiger charge is 2.23. The van der Waals surface area contributed by atoms with Gasteiger partial charge in [0.2, 0.25) is 0 Å². The number of benzene rings is 2. The van der Waals surface area contributed by atoms with Gasteiger partial charge in [-0.05, 0) is 68.1 Å². The predicted octanol–water partition coefficient (Wildman–Crippen LogP) is 4.51. The zero-order valence-electron chi connectivity index (χ0n) is 18.2. The van der Waals surface area contributed by atoms with Crippen molar-refractivity contribution in [3.05, 3.63) is 58.1 Å². The van der Waals surface area contributed by atoms with Crippen LogP contribution < -0.4 is 4.90 Å². The van der Waals surface area contributed by atoms with Gasteiger partial charge in [0, 0.05) is 31.7 Å². The molecule has 4 rings (SSSR count). The van der Waals surface area contributed by atoms with E-state index in [0.717, 1.165) is 53.8 Å². The van der Waals surface area contributed by atoms with Crippen LogP contribution in [0.15, 0.2) is 30.3 Å². The summed E-state index contributed by atoms with van der Waals surface area (Å²) in [7, 11) is 0. The predicted molar refractivity (Wildman–Crippen MR) is 124 cm³/mol. The van der Waals surface area contributed by atoms with Crippen molar-refractivity contribution in [3.63, 3.8) is 0 Å². The fourth-order valence-electron chi connectivity index (χ4n) is 3.71. The molecule has 6 heteroatoms. The minimum absolute atomic E-state index is 0.0137. The molecule has 0 atom stereocenters. The number of carbonyl (C=O) groups excluding carboxylic acids is 1. The number of ether oxygens (including phenoxy) is 1. The minimum Gasteiger partial charge on any atom is -0.379 e. The average molecular weight is 424 g/mol. The second kappa shape index (κ2) is 8.84. The molecule has 1 aliphatic rings. The van der Waals surface area contributed by atoms with Gasteiger partial charge in [-0.2, -0.15) is 0 Å². The lowest BCUT2D eigenvalue weighted by molar-refractivity contribution is 0.0391. The summed E-state index contributed by atoms with van der Waals surface area (Å²) in [4.78, 5) is 22.7. The van der Waals surface area contributed by atoms with Gasteiger partial charge in [0.05, 0.1) is 23.4 Å². The molecule has 0 saturated carbocycles. The second-order valence-electron chi connectivity index (χ2n) is 8.06. The van der Waals surface area contributed by atoms with Crippen molar-refractivity contribution >= 4 is 32.6 Å². The van der Waals surface area contributed by atoms with Crippen LogP contribution in [0.2, 0.25) is 0 Å². The van der Waals surface area contributed by atoms with Crippen LogP contribution in [-0.2, 0) is 4.74 Å². The Bertz CT molecular complexity index is 1070. The van der Waals surface area contributed by atoms with E-state index in [0.29, 0.717) is 12.1 Å². The number of morpholine rings is 1. The van der Waals surface area contributed by atoms with Crippen LogP contribution in [0.25, 0.3) is 10.2 Å². The lowest BCUT2D eigenvalue weighted by Gasteiger charge is -2.29. The lowest BCUT2D eigenvalue weighted by atomic mass is 10.1. The molecule has 30 heavy (non-hydrogen) atoms. The van der Waals surface area contributed by atoms with Crippen molar-refractivity contribution in [2.24, 2.45) is 0 Å². The molecule has 0 N–H and O–H groups in total. The van der Waals surface area contributed by atoms with Gasteiger partial charge in [0.1, 0.15) is 0 Å². The molecule has 2 heterocycles. The van der Waals surface area contributed by atoms with Crippen LogP contribution in [0.4, 0.5) is 5.13 Å². The van der Waals surface area contributed by atoms with Crippen molar-refractivity contribution in [1.82, 2.24) is 9.88 Å². The van der Waals surface area contributed by atoms with Crippen LogP contribution in [-0.4, -0.2) is 55.2 Å². The molecule has 1 aromatic heterocycles. The fraction of sp³-hybridized carbons (Fsp3) is 0.417. The monoisotopic (exact) mass is 423 g/mol. The van der Waals surface area contributed by atoms with Crippen LogP contribution in [0, 0.1) is 27.7 Å². The van der Waals surface area contributed by atoms with Crippen molar-refractivity contribution in [1.29, 1.82) is 0 Å². The number of aryl methyl sites for hydroxylation is 4. The minimum atomic E-state index is 0.0137. The first kappa shape index (κ1) is 21.0. The van der Waals surface area contributed by atoms with Gasteiger partial charge >= 0.3 is 0 Å². The smallest absolute Gasteiger partial charge is 0.260 e. The molecule has 2 aromatic carbocycles. The number of hydrogen-bond acceptors (Lipinski definition) is 5. The molecule has 3 aromatic rings. The normalized spacial score (nSPS) is 14.9. The summed E-state index contributed by atoms with van der Waals surface area (Å²) in [6.07, 6.45) is 0. The molecule has 1 amide bonds. The topological polar surface area (TPSA) is 45.7 Å². The van der Waals surface area contributed by atoms with Crippen molar-refractivity contribution in [2.45, 2.75) is 27.7 Å². The summed E-state index contributed by atoms with van der Waals surface area (Å²) >= 11 is 1.60. The van der Waals surface area contributed by atoms with E-state index in [1.54, 1.807) is 11.3 Å². The van der Waals surface area contributed by atoms with Gasteiger partial charge in [-0.1, -0.05) is 23.5 Å². The Balaban J connectivity index is 1.68. The molecule has 0 unspecified atom stereocenters. The number of aromatic nitrogens is 1. The SMILES string of the molecule is Cc1ccc(C(=O)N(CCN2CCOCC2)c2nc3c(C)c(C)ccc3s2)cc1C. The van der Waals surface area contributed by atoms with E-state index in [1.165, 1.54) is 16.7 Å². The Labute approximate surface area is 182 Å². The molecule has 1 fully saturated rings. The van der Waals surface area contributed by atoms with Crippen LogP contribution in [0.3, 0.4) is 0 Å². The number of rotatable bonds is 5. The third-order valence-electron chi connectivity index (χ3n) is 6.05. The summed E-state index contributed by atoms with van der Waals surface area (Å²) < 4.78 is 6.59. The van der Waals surface area contributed by atoms with Crippen molar-refractivity contribution < 1.29 is 9.53 Å². The number of anilines is 1. The van der Waals surface area contributed by atoms with Gasteiger partial charge in [0.15, 0.2) is 5.13 Å². The first-order valence-corrected chi connectivity index (χ1v) is 11.3. The quantitative estimate of drug-likeness (QED) is 0.606. The van der Waals surface area contributed by atoms with E-state index in [9.17, 15) is 4.79 Å². The standard InChI is InChI=1S/C24H29N3O2S/c1-16-5-7-20(15-18(16)3)23(28)27(10-9-26-11-13-29-14-12-26)24-25-22-19(4)17(2)6-8-21(22)30-24/h5-8,15H,9-14H2,1-4H3. The molecule has 0 aliphatic carbocycles. The van der Waals surface area contributed by atoms with Crippen LogP contribution in [0.1, 0.15) is 32.6 Å². The molecule has 1 aliphatic heterocycles. The number of nitrogens with zero attached hydrogens (tertiary/aromatic N) is 3. The van der Waals surface area contributed by atoms with Gasteiger partial charge < -0.3 is 4.74 Å². The zero-order valence-corrected chi connectivity index (χ0v) is 19.0. The van der Waals surface area contributed by atoms with E-state index < -0.39 is 0 Å². The first-order valence-electron chi connectivity index (χ1n) is 10.5. The van der Waals surface area contributed by atoms with Crippen LogP contribution in [0.5, 0.6) is 0 Å². The fourth-order valence-corrected chi connectivity index (χ4v) is 4.76.